The van der Waals surface area contributed by atoms with E-state index < -0.39 is 0 Å². The van der Waals surface area contributed by atoms with Crippen molar-refractivity contribution in [2.45, 2.75) is 32.1 Å². The summed E-state index contributed by atoms with van der Waals surface area (Å²) in [5.74, 6) is 0.851. The Bertz CT molecular complexity index is 4190. The molecule has 2 aliphatic rings. The fourth-order valence-electron chi connectivity index (χ4n) is 11.5. The largest absolute Gasteiger partial charge is 0.456 e. The Morgan fingerprint density at radius 3 is 2.01 bits per heavy atom. The van der Waals surface area contributed by atoms with Crippen molar-refractivity contribution in [3.8, 4) is 22.3 Å². The van der Waals surface area contributed by atoms with Gasteiger partial charge in [0, 0.05) is 59.5 Å². The van der Waals surface area contributed by atoms with Crippen LogP contribution in [-0.2, 0) is 6.42 Å². The van der Waals surface area contributed by atoms with Gasteiger partial charge in [0.25, 0.3) is 0 Å². The lowest BCUT2D eigenvalue weighted by Crippen LogP contribution is -2.18. The molecule has 12 aromatic rings. The van der Waals surface area contributed by atoms with E-state index in [9.17, 15) is 0 Å². The van der Waals surface area contributed by atoms with Crippen molar-refractivity contribution < 1.29 is 4.42 Å². The van der Waals surface area contributed by atoms with Crippen LogP contribution in [0.25, 0.3) is 91.6 Å². The highest BCUT2D eigenvalue weighted by Gasteiger charge is 2.29. The molecule has 3 nitrogen and oxygen atoms in total. The van der Waals surface area contributed by atoms with Gasteiger partial charge >= 0.3 is 0 Å². The summed E-state index contributed by atoms with van der Waals surface area (Å²) in [6, 6.07) is 75.5. The zero-order valence-electron chi connectivity index (χ0n) is 38.7. The summed E-state index contributed by atoms with van der Waals surface area (Å²) in [6.45, 7) is 2.34. The minimum absolute atomic E-state index is 0.0357. The number of benzene rings is 10. The second-order valence-electron chi connectivity index (χ2n) is 19.2. The molecule has 4 heteroatoms. The normalized spacial score (nSPS) is 18.4. The van der Waals surface area contributed by atoms with Gasteiger partial charge in [0.2, 0.25) is 0 Å². The number of para-hydroxylation sites is 1. The van der Waals surface area contributed by atoms with Gasteiger partial charge in [0.05, 0.1) is 11.4 Å². The number of rotatable bonds is 5. The highest BCUT2D eigenvalue weighted by Crippen LogP contribution is 2.47. The van der Waals surface area contributed by atoms with Crippen LogP contribution in [0.2, 0.25) is 0 Å². The molecule has 1 aliphatic carbocycles. The van der Waals surface area contributed by atoms with Gasteiger partial charge < -0.3 is 4.42 Å². The van der Waals surface area contributed by atoms with E-state index in [0.717, 1.165) is 80.7 Å². The summed E-state index contributed by atoms with van der Waals surface area (Å²) >= 11 is 1.82. The number of nitrogens with zero attached hydrogens (tertiary/aromatic N) is 2. The minimum atomic E-state index is 0.0357. The molecule has 3 heterocycles. The molecule has 0 saturated carbocycles. The molecule has 10 aromatic carbocycles. The van der Waals surface area contributed by atoms with Crippen LogP contribution in [-0.4, -0.2) is 11.5 Å². The summed E-state index contributed by atoms with van der Waals surface area (Å²) < 4.78 is 9.39. The van der Waals surface area contributed by atoms with Gasteiger partial charge in [0.15, 0.2) is 5.84 Å². The average molecular weight is 915 g/mol. The highest BCUT2D eigenvalue weighted by atomic mass is 32.1. The smallest absolute Gasteiger partial charge is 0.161 e. The zero-order chi connectivity index (χ0) is 46.3. The number of thiophene rings is 1. The first kappa shape index (κ1) is 40.8. The van der Waals surface area contributed by atoms with Crippen molar-refractivity contribution in [1.29, 1.82) is 0 Å². The number of hydrogen-bond acceptors (Lipinski definition) is 4. The minimum Gasteiger partial charge on any atom is -0.456 e. The van der Waals surface area contributed by atoms with Gasteiger partial charge in [-0.1, -0.05) is 165 Å². The zero-order valence-corrected chi connectivity index (χ0v) is 39.5. The third-order valence-corrected chi connectivity index (χ3v) is 16.2. The van der Waals surface area contributed by atoms with E-state index in [4.69, 9.17) is 14.4 Å². The fraction of sp³-hybridized carbons (Fsp3) is 0.0909. The molecule has 0 N–H and O–H groups in total. The summed E-state index contributed by atoms with van der Waals surface area (Å²) in [6.07, 6.45) is 5.02. The van der Waals surface area contributed by atoms with E-state index >= 15 is 0 Å². The van der Waals surface area contributed by atoms with Crippen molar-refractivity contribution in [1.82, 2.24) is 0 Å². The maximum absolute atomic E-state index is 6.94. The number of amidine groups is 1. The summed E-state index contributed by atoms with van der Waals surface area (Å²) in [5, 5.41) is 9.75. The van der Waals surface area contributed by atoms with Crippen LogP contribution >= 0.6 is 11.3 Å². The topological polar surface area (TPSA) is 37.9 Å². The first-order valence-electron chi connectivity index (χ1n) is 24.5. The van der Waals surface area contributed by atoms with E-state index in [-0.39, 0.29) is 11.8 Å². The lowest BCUT2D eigenvalue weighted by Gasteiger charge is -2.23. The van der Waals surface area contributed by atoms with Crippen LogP contribution in [0.3, 0.4) is 0 Å². The fourth-order valence-corrected chi connectivity index (χ4v) is 12.7. The van der Waals surface area contributed by atoms with Crippen LogP contribution in [0.5, 0.6) is 0 Å². The molecule has 0 spiro atoms. The molecule has 0 bridgehead atoms. The van der Waals surface area contributed by atoms with E-state index in [0.29, 0.717) is 0 Å². The molecule has 332 valence electrons. The number of furan rings is 1. The van der Waals surface area contributed by atoms with Crippen molar-refractivity contribution >= 4 is 92.2 Å². The van der Waals surface area contributed by atoms with Crippen LogP contribution in [0.15, 0.2) is 227 Å². The number of aryl methyl sites for hydroxylation is 1. The Hall–Kier alpha value is -8.18. The second-order valence-corrected chi connectivity index (χ2v) is 20.2. The predicted octanol–water partition coefficient (Wildman–Crippen LogP) is 18.0. The molecular formula is C66H46N2OS. The molecule has 0 fully saturated rings. The quantitative estimate of drug-likeness (QED) is 0.169. The second kappa shape index (κ2) is 16.5. The first-order valence-corrected chi connectivity index (χ1v) is 25.3. The van der Waals surface area contributed by atoms with Gasteiger partial charge in [-0.2, -0.15) is 0 Å². The molecule has 2 atom stereocenters. The molecule has 0 radical (unpaired) electrons. The van der Waals surface area contributed by atoms with E-state index in [1.54, 1.807) is 0 Å². The van der Waals surface area contributed by atoms with Crippen LogP contribution < -0.4 is 0 Å². The molecule has 0 saturated heterocycles. The average Bonchev–Trinajstić information content (AvgIpc) is 3.94. The molecule has 1 aliphatic heterocycles. The summed E-state index contributed by atoms with van der Waals surface area (Å²) in [5.41, 5.74) is 15.9. The number of allylic oxidation sites excluding steroid dienone is 1. The van der Waals surface area contributed by atoms with Crippen molar-refractivity contribution in [3.05, 3.63) is 246 Å². The van der Waals surface area contributed by atoms with Crippen molar-refractivity contribution in [2.24, 2.45) is 15.9 Å². The first-order chi connectivity index (χ1) is 34.6. The van der Waals surface area contributed by atoms with Crippen molar-refractivity contribution in [3.63, 3.8) is 0 Å². The molecule has 70 heavy (non-hydrogen) atoms. The highest BCUT2D eigenvalue weighted by molar-refractivity contribution is 7.26. The van der Waals surface area contributed by atoms with Gasteiger partial charge in [-0.3, -0.25) is 0 Å². The van der Waals surface area contributed by atoms with Gasteiger partial charge in [-0.15, -0.1) is 11.3 Å². The molecule has 14 rings (SSSR count). The van der Waals surface area contributed by atoms with Gasteiger partial charge in [-0.25, -0.2) is 9.98 Å². The Balaban J connectivity index is 1.01. The summed E-state index contributed by atoms with van der Waals surface area (Å²) in [7, 11) is 0. The standard InChI is InChI=1S/C66H46N2OS/c1-40-29-32-59(48-22-13-21-42(34-48)41-15-3-2-4-16-41)67-66(54-26-14-25-52-51-23-10-12-28-62(51)70-65(52)54)68-64(40)58-38-49(39-61-63(58)53-24-9-11-27-60(53)69-61)50-31-30-47-33-43-17-5-6-18-44(43)35-55(47)57-37-46-20-8-7-19-45(46)36-56(50)57/h2-28,32-40,50H,29-31H2,1H3/b59-32+,67-66-,68-64+. The van der Waals surface area contributed by atoms with Crippen LogP contribution in [0.1, 0.15) is 59.1 Å². The third kappa shape index (κ3) is 6.85. The Morgan fingerprint density at radius 1 is 0.500 bits per heavy atom. The Morgan fingerprint density at radius 2 is 1.17 bits per heavy atom. The van der Waals surface area contributed by atoms with E-state index in [1.165, 1.54) is 75.1 Å². The molecule has 2 aromatic heterocycles. The SMILES string of the molecule is CC1C/C=C(c2cccc(-c3ccccc3)c2)/N=C(c2cccc3c2sc2ccccc23)\N=C/1c1cc(C2CCc3cc4ccccc4cc3-c3cc4ccccc4cc32)cc2oc3ccccc3c12. The lowest BCUT2D eigenvalue weighted by molar-refractivity contribution is 0.665. The Kier molecular flexibility index (Phi) is 9.63. The molecule has 2 unspecified atom stereocenters. The van der Waals surface area contributed by atoms with Crippen molar-refractivity contribution in [2.75, 3.05) is 0 Å². The van der Waals surface area contributed by atoms with Crippen LogP contribution in [0, 0.1) is 5.92 Å². The summed E-state index contributed by atoms with van der Waals surface area (Å²) in [4.78, 5) is 11.6. The number of hydrogen-bond donors (Lipinski definition) is 0. The van der Waals surface area contributed by atoms with E-state index in [2.05, 4.69) is 219 Å². The van der Waals surface area contributed by atoms with Gasteiger partial charge in [0.1, 0.15) is 11.2 Å². The molecular weight excluding hydrogens is 869 g/mol. The lowest BCUT2D eigenvalue weighted by atomic mass is 9.82. The van der Waals surface area contributed by atoms with Crippen LogP contribution in [0.4, 0.5) is 0 Å². The maximum atomic E-state index is 6.94. The van der Waals surface area contributed by atoms with E-state index in [1.807, 2.05) is 11.3 Å². The maximum Gasteiger partial charge on any atom is 0.161 e. The monoisotopic (exact) mass is 914 g/mol. The Labute approximate surface area is 410 Å². The third-order valence-electron chi connectivity index (χ3n) is 14.9. The number of fused-ring (bicyclic) bond motifs is 11. The molecule has 0 amide bonds. The number of aliphatic imine (C=N–C) groups is 2. The predicted molar refractivity (Wildman–Crippen MR) is 297 cm³/mol. The van der Waals surface area contributed by atoms with Gasteiger partial charge in [-0.05, 0) is 134 Å².